The lowest BCUT2D eigenvalue weighted by molar-refractivity contribution is -0.124. The second kappa shape index (κ2) is 8.37. The fourth-order valence-electron chi connectivity index (χ4n) is 4.52. The first kappa shape index (κ1) is 22.0. The summed E-state index contributed by atoms with van der Waals surface area (Å²) in [6.07, 6.45) is 0.429. The van der Waals surface area contributed by atoms with Crippen LogP contribution in [0, 0.1) is 11.7 Å². The largest absolute Gasteiger partial charge is 0.390 e. The van der Waals surface area contributed by atoms with Crippen LogP contribution in [0.3, 0.4) is 0 Å². The monoisotopic (exact) mass is 506 g/mol. The molecule has 1 saturated carbocycles. The summed E-state index contributed by atoms with van der Waals surface area (Å²) in [7, 11) is 3.45. The Bertz CT molecular complexity index is 1210. The number of ketones is 1. The van der Waals surface area contributed by atoms with Crippen LogP contribution in [0.15, 0.2) is 40.9 Å². The van der Waals surface area contributed by atoms with Gasteiger partial charge in [-0.05, 0) is 64.3 Å². The molecule has 2 unspecified atom stereocenters. The van der Waals surface area contributed by atoms with Gasteiger partial charge >= 0.3 is 0 Å². The molecule has 0 saturated heterocycles. The van der Waals surface area contributed by atoms with E-state index in [1.165, 1.54) is 17.0 Å². The van der Waals surface area contributed by atoms with Gasteiger partial charge in [0.05, 0.1) is 11.6 Å². The molecule has 1 fully saturated rings. The lowest BCUT2D eigenvalue weighted by atomic mass is 9.92. The third kappa shape index (κ3) is 3.79. The average Bonchev–Trinajstić information content (AvgIpc) is 3.25. The Morgan fingerprint density at radius 1 is 1.32 bits per heavy atom. The molecule has 2 atom stereocenters. The summed E-state index contributed by atoms with van der Waals surface area (Å²) in [5.74, 6) is -1.70. The van der Waals surface area contributed by atoms with Gasteiger partial charge in [-0.2, -0.15) is 0 Å². The normalized spacial score (nSPS) is 18.7. The number of carbonyl (C=O) groups is 2. The molecular formula is C23H21BrClFN2O3. The van der Waals surface area contributed by atoms with Gasteiger partial charge < -0.3 is 14.6 Å². The van der Waals surface area contributed by atoms with Crippen molar-refractivity contribution in [1.29, 1.82) is 0 Å². The second-order valence-electron chi connectivity index (χ2n) is 7.89. The van der Waals surface area contributed by atoms with Gasteiger partial charge in [-0.3, -0.25) is 9.59 Å². The first-order valence-electron chi connectivity index (χ1n) is 9.85. The summed E-state index contributed by atoms with van der Waals surface area (Å²) in [6.45, 7) is -0.275. The molecule has 0 radical (unpaired) electrons. The fraction of sp³-hybridized carbons (Fsp3) is 0.304. The molecule has 1 heterocycles. The van der Waals surface area contributed by atoms with Crippen molar-refractivity contribution in [3.63, 3.8) is 0 Å². The predicted octanol–water partition coefficient (Wildman–Crippen LogP) is 4.95. The lowest BCUT2D eigenvalue weighted by Crippen LogP contribution is -2.32. The smallest absolute Gasteiger partial charge is 0.230 e. The minimum atomic E-state index is -0.563. The number of anilines is 1. The van der Waals surface area contributed by atoms with Crippen molar-refractivity contribution in [3.05, 3.63) is 63.0 Å². The maximum Gasteiger partial charge on any atom is 0.230 e. The fourth-order valence-corrected chi connectivity index (χ4v) is 5.01. The minimum Gasteiger partial charge on any atom is -0.390 e. The number of aliphatic hydroxyl groups excluding tert-OH is 1. The lowest BCUT2D eigenvalue weighted by Gasteiger charge is -2.21. The molecular weight excluding hydrogens is 487 g/mol. The maximum atomic E-state index is 14.0. The van der Waals surface area contributed by atoms with E-state index in [4.69, 9.17) is 11.6 Å². The molecule has 31 heavy (non-hydrogen) atoms. The van der Waals surface area contributed by atoms with Gasteiger partial charge in [0.2, 0.25) is 5.91 Å². The van der Waals surface area contributed by atoms with Gasteiger partial charge in [-0.15, -0.1) is 0 Å². The number of carbonyl (C=O) groups excluding carboxylic acids is 2. The summed E-state index contributed by atoms with van der Waals surface area (Å²) in [6, 6.07) is 9.59. The van der Waals surface area contributed by atoms with Crippen molar-refractivity contribution < 1.29 is 19.1 Å². The molecule has 0 aliphatic heterocycles. The van der Waals surface area contributed by atoms with Crippen molar-refractivity contribution >= 4 is 55.8 Å². The van der Waals surface area contributed by atoms with Crippen LogP contribution in [-0.2, 0) is 23.2 Å². The topological polar surface area (TPSA) is 62.5 Å². The standard InChI is InChI=1S/C23H21BrClFN2O3/c1-27(14-4-5-18(25)17(24)10-14)23(31)12-7-16(21(30)8-12)22-15-9-13(26)3-6-19(15)28(2)20(22)11-29/h3-6,9-10,12,16,29H,7-8,11H2,1-2H3. The molecule has 0 spiro atoms. The van der Waals surface area contributed by atoms with Crippen LogP contribution in [0.25, 0.3) is 10.9 Å². The van der Waals surface area contributed by atoms with E-state index in [-0.39, 0.29) is 24.7 Å². The first-order chi connectivity index (χ1) is 14.7. The minimum absolute atomic E-state index is 0.0736. The van der Waals surface area contributed by atoms with Crippen LogP contribution < -0.4 is 4.90 Å². The number of nitrogens with zero attached hydrogens (tertiary/aromatic N) is 2. The van der Waals surface area contributed by atoms with Gasteiger partial charge in [-0.1, -0.05) is 11.6 Å². The summed E-state index contributed by atoms with van der Waals surface area (Å²) >= 11 is 9.41. The molecule has 5 nitrogen and oxygen atoms in total. The summed E-state index contributed by atoms with van der Waals surface area (Å²) < 4.78 is 16.4. The van der Waals surface area contributed by atoms with Crippen molar-refractivity contribution in [2.75, 3.05) is 11.9 Å². The number of aryl methyl sites for hydroxylation is 1. The van der Waals surface area contributed by atoms with Gasteiger partial charge in [0.1, 0.15) is 11.6 Å². The molecule has 8 heteroatoms. The highest BCUT2D eigenvalue weighted by atomic mass is 79.9. The molecule has 1 aliphatic carbocycles. The second-order valence-corrected chi connectivity index (χ2v) is 9.15. The Balaban J connectivity index is 1.66. The summed E-state index contributed by atoms with van der Waals surface area (Å²) in [4.78, 5) is 27.7. The highest BCUT2D eigenvalue weighted by Gasteiger charge is 2.41. The van der Waals surface area contributed by atoms with Gasteiger partial charge in [-0.25, -0.2) is 4.39 Å². The Morgan fingerprint density at radius 2 is 2.06 bits per heavy atom. The van der Waals surface area contributed by atoms with E-state index in [0.29, 0.717) is 38.2 Å². The maximum absolute atomic E-state index is 14.0. The van der Waals surface area contributed by atoms with Crippen LogP contribution in [0.2, 0.25) is 5.02 Å². The number of rotatable bonds is 4. The summed E-state index contributed by atoms with van der Waals surface area (Å²) in [5.41, 5.74) is 2.60. The SMILES string of the molecule is CN(C(=O)C1CC(=O)C(c2c(CO)n(C)c3ccc(F)cc23)C1)c1ccc(Cl)c(Br)c1. The van der Waals surface area contributed by atoms with Crippen LogP contribution in [0.1, 0.15) is 30.0 Å². The Labute approximate surface area is 192 Å². The van der Waals surface area contributed by atoms with E-state index < -0.39 is 17.7 Å². The number of aromatic nitrogens is 1. The Hall–Kier alpha value is -2.22. The molecule has 4 rings (SSSR count). The van der Waals surface area contributed by atoms with E-state index in [1.54, 1.807) is 42.9 Å². The molecule has 162 valence electrons. The molecule has 0 bridgehead atoms. The zero-order valence-electron chi connectivity index (χ0n) is 17.0. The van der Waals surface area contributed by atoms with Crippen LogP contribution in [-0.4, -0.2) is 28.4 Å². The third-order valence-electron chi connectivity index (χ3n) is 6.15. The Kier molecular flexibility index (Phi) is 5.94. The molecule has 1 amide bonds. The number of amides is 1. The van der Waals surface area contributed by atoms with E-state index in [1.807, 2.05) is 0 Å². The van der Waals surface area contributed by atoms with Gasteiger partial charge in [0, 0.05) is 59.1 Å². The molecule has 1 aliphatic rings. The molecule has 2 aromatic carbocycles. The quantitative estimate of drug-likeness (QED) is 0.543. The van der Waals surface area contributed by atoms with Crippen molar-refractivity contribution in [2.45, 2.75) is 25.4 Å². The number of halogens is 3. The highest BCUT2D eigenvalue weighted by Crippen LogP contribution is 2.42. The molecule has 1 aromatic heterocycles. The van der Waals surface area contributed by atoms with Gasteiger partial charge in [0.15, 0.2) is 0 Å². The van der Waals surface area contributed by atoms with Crippen LogP contribution in [0.5, 0.6) is 0 Å². The number of fused-ring (bicyclic) bond motifs is 1. The van der Waals surface area contributed by atoms with Crippen LogP contribution in [0.4, 0.5) is 10.1 Å². The van der Waals surface area contributed by atoms with Crippen molar-refractivity contribution in [1.82, 2.24) is 4.57 Å². The summed E-state index contributed by atoms with van der Waals surface area (Å²) in [5, 5.41) is 11.1. The zero-order valence-corrected chi connectivity index (χ0v) is 19.4. The first-order valence-corrected chi connectivity index (χ1v) is 11.0. The van der Waals surface area contributed by atoms with Crippen molar-refractivity contribution in [2.24, 2.45) is 13.0 Å². The van der Waals surface area contributed by atoms with E-state index in [2.05, 4.69) is 15.9 Å². The zero-order chi connectivity index (χ0) is 22.4. The van der Waals surface area contributed by atoms with Crippen LogP contribution >= 0.6 is 27.5 Å². The number of benzene rings is 2. The van der Waals surface area contributed by atoms with E-state index >= 15 is 0 Å². The predicted molar refractivity (Wildman–Crippen MR) is 122 cm³/mol. The van der Waals surface area contributed by atoms with Crippen molar-refractivity contribution in [3.8, 4) is 0 Å². The molecule has 3 aromatic rings. The van der Waals surface area contributed by atoms with E-state index in [9.17, 15) is 19.1 Å². The number of Topliss-reactive ketones (excluding diaryl/α,β-unsaturated/α-hetero) is 1. The van der Waals surface area contributed by atoms with Gasteiger partial charge in [0.25, 0.3) is 0 Å². The number of hydrogen-bond acceptors (Lipinski definition) is 3. The van der Waals surface area contributed by atoms with E-state index in [0.717, 1.165) is 5.52 Å². The number of hydrogen-bond donors (Lipinski definition) is 1. The highest BCUT2D eigenvalue weighted by molar-refractivity contribution is 9.10. The molecule has 1 N–H and O–H groups in total. The Morgan fingerprint density at radius 3 is 2.74 bits per heavy atom. The third-order valence-corrected chi connectivity index (χ3v) is 7.36. The average molecular weight is 508 g/mol. The number of aliphatic hydroxyl groups is 1.